The molecule has 0 aromatic carbocycles. The molecule has 5 heteroatoms. The van der Waals surface area contributed by atoms with Gasteiger partial charge in [0.1, 0.15) is 0 Å². The van der Waals surface area contributed by atoms with Gasteiger partial charge < -0.3 is 16.0 Å². The zero-order chi connectivity index (χ0) is 6.15. The summed E-state index contributed by atoms with van der Waals surface area (Å²) >= 11 is 0. The van der Waals surface area contributed by atoms with Crippen molar-refractivity contribution in [3.8, 4) is 0 Å². The van der Waals surface area contributed by atoms with Crippen LogP contribution in [0.3, 0.4) is 0 Å². The summed E-state index contributed by atoms with van der Waals surface area (Å²) < 4.78 is 4.16. The number of nitrogens with two attached hydrogens (primary N) is 2. The number of aromatic nitrogens is 1. The van der Waals surface area contributed by atoms with Gasteiger partial charge in [0.25, 0.3) is 0 Å². The lowest BCUT2D eigenvalue weighted by Gasteiger charge is -1.77. The monoisotopic (exact) mass is 115 g/mol. The highest BCUT2D eigenvalue weighted by Crippen LogP contribution is 2.00. The molecular weight excluding hydrogens is 110 g/mol. The third kappa shape index (κ3) is 0.446. The number of hydrogen-bond acceptors (Lipinski definition) is 4. The highest BCUT2D eigenvalue weighted by molar-refractivity contribution is 5.54. The predicted molar refractivity (Wildman–Crippen MR) is 28.2 cm³/mol. The largest absolute Gasteiger partial charge is 0.390 e. The van der Waals surface area contributed by atoms with E-state index in [4.69, 9.17) is 11.5 Å². The molecule has 1 rings (SSSR count). The number of aromatic amines is 1. The Morgan fingerprint density at radius 1 is 1.50 bits per heavy atom. The maximum atomic E-state index is 10.2. The Hall–Kier alpha value is -1.39. The third-order valence-electron chi connectivity index (χ3n) is 0.764. The Morgan fingerprint density at radius 3 is 2.25 bits per heavy atom. The van der Waals surface area contributed by atoms with Gasteiger partial charge in [0.15, 0.2) is 11.5 Å². The summed E-state index contributed by atoms with van der Waals surface area (Å²) in [6, 6.07) is 0. The SMILES string of the molecule is Nc1[nH]oc(=O)c1N. The lowest BCUT2D eigenvalue weighted by Crippen LogP contribution is -2.02. The van der Waals surface area contributed by atoms with Gasteiger partial charge in [-0.15, -0.1) is 0 Å². The molecule has 0 fully saturated rings. The van der Waals surface area contributed by atoms with E-state index in [1.54, 1.807) is 0 Å². The van der Waals surface area contributed by atoms with E-state index in [0.717, 1.165) is 0 Å². The summed E-state index contributed by atoms with van der Waals surface area (Å²) in [5.41, 5.74) is 9.42. The van der Waals surface area contributed by atoms with Crippen LogP contribution in [0.2, 0.25) is 0 Å². The molecule has 44 valence electrons. The molecule has 1 aromatic heterocycles. The van der Waals surface area contributed by atoms with Gasteiger partial charge in [0.05, 0.1) is 0 Å². The van der Waals surface area contributed by atoms with Gasteiger partial charge in [-0.05, 0) is 0 Å². The van der Waals surface area contributed by atoms with Crippen LogP contribution in [0.5, 0.6) is 0 Å². The van der Waals surface area contributed by atoms with Crippen LogP contribution in [-0.4, -0.2) is 5.16 Å². The highest BCUT2D eigenvalue weighted by atomic mass is 16.5. The predicted octanol–water partition coefficient (Wildman–Crippen LogP) is -0.868. The Balaban J connectivity index is 3.41. The van der Waals surface area contributed by atoms with Crippen LogP contribution in [0.4, 0.5) is 11.5 Å². The lowest BCUT2D eigenvalue weighted by molar-refractivity contribution is 0.395. The van der Waals surface area contributed by atoms with Crippen LogP contribution in [-0.2, 0) is 0 Å². The van der Waals surface area contributed by atoms with E-state index >= 15 is 0 Å². The van der Waals surface area contributed by atoms with Crippen molar-refractivity contribution in [2.45, 2.75) is 0 Å². The molecule has 8 heavy (non-hydrogen) atoms. The Labute approximate surface area is 44.2 Å². The average Bonchev–Trinajstić information content (AvgIpc) is 1.98. The molecule has 0 amide bonds. The minimum Gasteiger partial charge on any atom is -0.390 e. The molecule has 0 saturated carbocycles. The van der Waals surface area contributed by atoms with Gasteiger partial charge in [0.2, 0.25) is 0 Å². The second-order valence-electron chi connectivity index (χ2n) is 1.32. The maximum absolute atomic E-state index is 10.2. The van der Waals surface area contributed by atoms with Crippen molar-refractivity contribution in [2.24, 2.45) is 0 Å². The zero-order valence-electron chi connectivity index (χ0n) is 3.97. The molecule has 0 radical (unpaired) electrons. The molecule has 0 unspecified atom stereocenters. The van der Waals surface area contributed by atoms with Gasteiger partial charge in [-0.25, -0.2) is 4.79 Å². The molecule has 5 N–H and O–H groups in total. The summed E-state index contributed by atoms with van der Waals surface area (Å²) in [5.74, 6) is 0.0787. The lowest BCUT2D eigenvalue weighted by atomic mass is 10.5. The smallest absolute Gasteiger partial charge is 0.382 e. The fraction of sp³-hybridized carbons (Fsp3) is 0. The van der Waals surface area contributed by atoms with E-state index < -0.39 is 5.63 Å². The molecule has 1 aromatic rings. The molecule has 1 heterocycles. The van der Waals surface area contributed by atoms with E-state index in [9.17, 15) is 4.79 Å². The van der Waals surface area contributed by atoms with Gasteiger partial charge in [-0.2, -0.15) is 5.16 Å². The summed E-state index contributed by atoms with van der Waals surface area (Å²) in [6.07, 6.45) is 0. The van der Waals surface area contributed by atoms with Crippen LogP contribution in [0.1, 0.15) is 0 Å². The zero-order valence-corrected chi connectivity index (χ0v) is 3.97. The molecule has 0 aliphatic carbocycles. The molecule has 0 bridgehead atoms. The molecule has 0 saturated heterocycles. The second kappa shape index (κ2) is 1.29. The first-order valence-electron chi connectivity index (χ1n) is 1.94. The van der Waals surface area contributed by atoms with Crippen molar-refractivity contribution in [1.29, 1.82) is 0 Å². The van der Waals surface area contributed by atoms with Crippen LogP contribution >= 0.6 is 0 Å². The number of H-pyrrole nitrogens is 1. The van der Waals surface area contributed by atoms with Gasteiger partial charge in [0, 0.05) is 0 Å². The van der Waals surface area contributed by atoms with Crippen LogP contribution in [0.15, 0.2) is 9.32 Å². The van der Waals surface area contributed by atoms with Crippen molar-refractivity contribution >= 4 is 11.5 Å². The van der Waals surface area contributed by atoms with Crippen LogP contribution in [0, 0.1) is 0 Å². The summed E-state index contributed by atoms with van der Waals surface area (Å²) in [7, 11) is 0. The number of rotatable bonds is 0. The standard InChI is InChI=1S/C3H5N3O2/c4-1-2(5)6-8-3(1)7/h6H,4-5H2. The number of nitrogens with one attached hydrogen (secondary N) is 1. The van der Waals surface area contributed by atoms with Crippen molar-refractivity contribution < 1.29 is 4.52 Å². The fourth-order valence-electron chi connectivity index (χ4n) is 0.321. The van der Waals surface area contributed by atoms with E-state index in [1.165, 1.54) is 0 Å². The van der Waals surface area contributed by atoms with E-state index in [-0.39, 0.29) is 11.5 Å². The summed E-state index contributed by atoms with van der Waals surface area (Å²) in [5, 5.41) is 2.10. The minimum absolute atomic E-state index is 0.0648. The first kappa shape index (κ1) is 4.76. The van der Waals surface area contributed by atoms with Crippen molar-refractivity contribution in [3.63, 3.8) is 0 Å². The Kier molecular flexibility index (Phi) is 0.768. The number of hydrogen-bond donors (Lipinski definition) is 3. The Morgan fingerprint density at radius 2 is 2.12 bits per heavy atom. The Bertz CT molecular complexity index is 235. The molecule has 0 aliphatic heterocycles. The van der Waals surface area contributed by atoms with Crippen molar-refractivity contribution in [3.05, 3.63) is 10.4 Å². The molecule has 0 atom stereocenters. The quantitative estimate of drug-likeness (QED) is 0.409. The van der Waals surface area contributed by atoms with Crippen molar-refractivity contribution in [1.82, 2.24) is 5.16 Å². The van der Waals surface area contributed by atoms with E-state index in [2.05, 4.69) is 9.68 Å². The fourth-order valence-corrected chi connectivity index (χ4v) is 0.321. The van der Waals surface area contributed by atoms with Crippen LogP contribution < -0.4 is 17.1 Å². The molecule has 0 aliphatic rings. The molecular formula is C3H5N3O2. The summed E-state index contributed by atoms with van der Waals surface area (Å²) in [4.78, 5) is 10.2. The van der Waals surface area contributed by atoms with E-state index in [0.29, 0.717) is 0 Å². The minimum atomic E-state index is -0.623. The number of anilines is 2. The van der Waals surface area contributed by atoms with Crippen LogP contribution in [0.25, 0.3) is 0 Å². The normalized spacial score (nSPS) is 9.50. The van der Waals surface area contributed by atoms with Gasteiger partial charge >= 0.3 is 5.63 Å². The maximum Gasteiger partial charge on any atom is 0.382 e. The first-order valence-corrected chi connectivity index (χ1v) is 1.94. The first-order chi connectivity index (χ1) is 3.72. The van der Waals surface area contributed by atoms with Gasteiger partial charge in [-0.3, -0.25) is 0 Å². The summed E-state index contributed by atoms with van der Waals surface area (Å²) in [6.45, 7) is 0. The van der Waals surface area contributed by atoms with E-state index in [1.807, 2.05) is 0 Å². The third-order valence-corrected chi connectivity index (χ3v) is 0.764. The topological polar surface area (TPSA) is 98.0 Å². The average molecular weight is 115 g/mol. The number of nitrogen functional groups attached to an aromatic ring is 2. The highest BCUT2D eigenvalue weighted by Gasteiger charge is 2.00. The second-order valence-corrected chi connectivity index (χ2v) is 1.32. The van der Waals surface area contributed by atoms with Crippen molar-refractivity contribution in [2.75, 3.05) is 11.5 Å². The molecule has 5 nitrogen and oxygen atoms in total. The molecule has 0 spiro atoms. The van der Waals surface area contributed by atoms with Gasteiger partial charge in [-0.1, -0.05) is 0 Å².